The van der Waals surface area contributed by atoms with Gasteiger partial charge in [-0.25, -0.2) is 4.98 Å². The first-order chi connectivity index (χ1) is 31.8. The lowest BCUT2D eigenvalue weighted by Crippen LogP contribution is -2.14. The second kappa shape index (κ2) is 17.0. The maximum absolute atomic E-state index is 12.3. The van der Waals surface area contributed by atoms with E-state index in [1.807, 2.05) is 91.3 Å². The predicted molar refractivity (Wildman–Crippen MR) is 272 cm³/mol. The van der Waals surface area contributed by atoms with Gasteiger partial charge in [0, 0.05) is 22.8 Å². The van der Waals surface area contributed by atoms with Crippen LogP contribution in [0.4, 0.5) is 0 Å². The van der Waals surface area contributed by atoms with Crippen molar-refractivity contribution in [2.24, 2.45) is 0 Å². The van der Waals surface area contributed by atoms with Crippen molar-refractivity contribution in [1.82, 2.24) is 14.5 Å². The van der Waals surface area contributed by atoms with Crippen molar-refractivity contribution in [3.05, 3.63) is 167 Å². The van der Waals surface area contributed by atoms with Crippen LogP contribution in [0.3, 0.4) is 0 Å². The van der Waals surface area contributed by atoms with Crippen LogP contribution in [-0.2, 0) is 10.8 Å². The van der Waals surface area contributed by atoms with E-state index < -0.39 is 12.7 Å². The van der Waals surface area contributed by atoms with Gasteiger partial charge in [-0.05, 0) is 145 Å². The van der Waals surface area contributed by atoms with Gasteiger partial charge in [0.15, 0.2) is 0 Å². The van der Waals surface area contributed by atoms with Crippen molar-refractivity contribution < 1.29 is 10.6 Å². The standard InChI is InChI=1S/C60H65N3O/c1-36(2)43-33-49(38(5)6)57(64)50(34-43)58-62-56-48(44-30-45(32-46(31-44)59(8,9)10)52-35-41(27-28-61-52)40-19-15-14-16-20-40)22-18-24-54(56)63(58)53-26-25-42(29-39(53)7)55-47(37(3)4)21-17-23-51(55)60(11,12)13/h14-38,64H,1-13H3/i7D3,37D. The summed E-state index contributed by atoms with van der Waals surface area (Å²) in [6.07, 6.45) is 1.86. The van der Waals surface area contributed by atoms with Gasteiger partial charge in [-0.1, -0.05) is 162 Å². The van der Waals surface area contributed by atoms with Gasteiger partial charge in [0.25, 0.3) is 0 Å². The van der Waals surface area contributed by atoms with Crippen LogP contribution >= 0.6 is 0 Å². The van der Waals surface area contributed by atoms with Crippen LogP contribution in [0.2, 0.25) is 0 Å². The predicted octanol–water partition coefficient (Wildman–Crippen LogP) is 16.7. The topological polar surface area (TPSA) is 50.9 Å². The average Bonchev–Trinajstić information content (AvgIpc) is 3.67. The first-order valence-electron chi connectivity index (χ1n) is 24.7. The van der Waals surface area contributed by atoms with Gasteiger partial charge in [0.05, 0.1) is 28.0 Å². The highest BCUT2D eigenvalue weighted by atomic mass is 16.3. The van der Waals surface area contributed by atoms with Gasteiger partial charge in [-0.3, -0.25) is 9.55 Å². The molecule has 0 bridgehead atoms. The van der Waals surface area contributed by atoms with E-state index >= 15 is 0 Å². The highest BCUT2D eigenvalue weighted by molar-refractivity contribution is 5.97. The molecule has 0 fully saturated rings. The number of imidazole rings is 1. The molecule has 0 spiro atoms. The highest BCUT2D eigenvalue weighted by Gasteiger charge is 2.27. The average molecular weight is 848 g/mol. The fourth-order valence-corrected chi connectivity index (χ4v) is 8.93. The van der Waals surface area contributed by atoms with Crippen LogP contribution in [0.1, 0.15) is 140 Å². The number of rotatable bonds is 9. The second-order valence-corrected chi connectivity index (χ2v) is 20.3. The van der Waals surface area contributed by atoms with Crippen LogP contribution in [0.15, 0.2) is 134 Å². The molecule has 1 N–H and O–H groups in total. The molecule has 2 heterocycles. The molecule has 8 rings (SSSR count). The van der Waals surface area contributed by atoms with Crippen molar-refractivity contribution in [1.29, 1.82) is 0 Å². The molecule has 4 nitrogen and oxygen atoms in total. The Bertz CT molecular complexity index is 3140. The number of nitrogens with zero attached hydrogens (tertiary/aromatic N) is 3. The molecule has 0 unspecified atom stereocenters. The first-order valence-corrected chi connectivity index (χ1v) is 22.7. The van der Waals surface area contributed by atoms with E-state index in [1.165, 1.54) is 0 Å². The molecular formula is C60H65N3O. The normalized spacial score (nSPS) is 13.6. The molecule has 64 heavy (non-hydrogen) atoms. The number of phenolic OH excluding ortho intramolecular Hbond substituents is 1. The molecule has 326 valence electrons. The van der Waals surface area contributed by atoms with Crippen LogP contribution in [0.5, 0.6) is 5.75 Å². The molecule has 0 aliphatic rings. The molecule has 0 saturated heterocycles. The minimum absolute atomic E-state index is 0.00369. The van der Waals surface area contributed by atoms with Crippen LogP contribution in [0.25, 0.3) is 72.7 Å². The van der Waals surface area contributed by atoms with E-state index in [-0.39, 0.29) is 34.0 Å². The van der Waals surface area contributed by atoms with E-state index in [9.17, 15) is 10.6 Å². The summed E-state index contributed by atoms with van der Waals surface area (Å²) in [5.41, 5.74) is 14.2. The van der Waals surface area contributed by atoms with Gasteiger partial charge < -0.3 is 5.11 Å². The van der Waals surface area contributed by atoms with Crippen molar-refractivity contribution in [2.75, 3.05) is 0 Å². The molecule has 6 aromatic carbocycles. The third-order valence-electron chi connectivity index (χ3n) is 12.6. The second-order valence-electron chi connectivity index (χ2n) is 20.3. The Hall–Kier alpha value is -6.26. The number of hydrogen-bond acceptors (Lipinski definition) is 3. The minimum atomic E-state index is -2.56. The van der Waals surface area contributed by atoms with Crippen molar-refractivity contribution in [3.8, 4) is 67.5 Å². The molecule has 0 aliphatic heterocycles. The zero-order valence-corrected chi connectivity index (χ0v) is 39.6. The number of aromatic hydroxyl groups is 1. The smallest absolute Gasteiger partial charge is 0.149 e. The van der Waals surface area contributed by atoms with E-state index in [0.717, 1.165) is 72.5 Å². The molecule has 0 amide bonds. The summed E-state index contributed by atoms with van der Waals surface area (Å²) < 4.78 is 38.7. The Labute approximate surface area is 387 Å². The maximum atomic E-state index is 12.3. The number of fused-ring (bicyclic) bond motifs is 1. The minimum Gasteiger partial charge on any atom is -0.507 e. The Morgan fingerprint density at radius 1 is 0.609 bits per heavy atom. The number of phenols is 1. The number of aromatic nitrogens is 3. The Morgan fingerprint density at radius 2 is 1.34 bits per heavy atom. The largest absolute Gasteiger partial charge is 0.507 e. The van der Waals surface area contributed by atoms with Crippen LogP contribution in [0, 0.1) is 6.85 Å². The molecule has 0 aliphatic carbocycles. The fourth-order valence-electron chi connectivity index (χ4n) is 8.93. The molecular weight excluding hydrogens is 779 g/mol. The lowest BCUT2D eigenvalue weighted by molar-refractivity contribution is 0.466. The van der Waals surface area contributed by atoms with E-state index in [2.05, 4.69) is 124 Å². The van der Waals surface area contributed by atoms with Crippen molar-refractivity contribution in [3.63, 3.8) is 0 Å². The maximum Gasteiger partial charge on any atom is 0.149 e. The Morgan fingerprint density at radius 3 is 2.02 bits per heavy atom. The van der Waals surface area contributed by atoms with Crippen LogP contribution in [-0.4, -0.2) is 19.6 Å². The number of hydrogen-bond donors (Lipinski definition) is 1. The summed E-state index contributed by atoms with van der Waals surface area (Å²) in [5, 5.41) is 12.3. The van der Waals surface area contributed by atoms with Crippen LogP contribution < -0.4 is 0 Å². The van der Waals surface area contributed by atoms with Crippen molar-refractivity contribution >= 4 is 11.0 Å². The SMILES string of the molecule is [2H]C([2H])([2H])c1cc(-c2c(C([2H])(C)C)cccc2C(C)(C)C)ccc1-n1c(-c2cc(C(C)C)cc(C(C)C)c2O)nc2c(-c3cc(-c4cc(-c5ccccc5)ccn4)cc(C(C)(C)C)c3)cccc21. The van der Waals surface area contributed by atoms with E-state index in [0.29, 0.717) is 28.1 Å². The van der Waals surface area contributed by atoms with Gasteiger partial charge in [-0.2, -0.15) is 0 Å². The highest BCUT2D eigenvalue weighted by Crippen LogP contribution is 2.45. The molecule has 4 heteroatoms. The number of aryl methyl sites for hydroxylation is 1. The third-order valence-corrected chi connectivity index (χ3v) is 12.6. The van der Waals surface area contributed by atoms with E-state index in [4.69, 9.17) is 9.97 Å². The molecule has 8 aromatic rings. The van der Waals surface area contributed by atoms with Crippen molar-refractivity contribution in [2.45, 2.75) is 118 Å². The summed E-state index contributed by atoms with van der Waals surface area (Å²) in [7, 11) is 0. The zero-order valence-electron chi connectivity index (χ0n) is 43.6. The summed E-state index contributed by atoms with van der Waals surface area (Å²) in [6, 6.07) is 43.0. The fraction of sp³-hybridized carbons (Fsp3) is 0.300. The third kappa shape index (κ3) is 8.43. The van der Waals surface area contributed by atoms with Gasteiger partial charge in [0.2, 0.25) is 0 Å². The van der Waals surface area contributed by atoms with Gasteiger partial charge in [0.1, 0.15) is 11.6 Å². The number of pyridine rings is 1. The molecule has 0 radical (unpaired) electrons. The van der Waals surface area contributed by atoms with E-state index in [1.54, 1.807) is 6.07 Å². The quantitative estimate of drug-likeness (QED) is 0.157. The molecule has 0 atom stereocenters. The summed E-state index contributed by atoms with van der Waals surface area (Å²) in [5.74, 6) is -0.248. The first kappa shape index (κ1) is 39.3. The Balaban J connectivity index is 1.46. The molecule has 0 saturated carbocycles. The number of benzene rings is 6. The van der Waals surface area contributed by atoms with Gasteiger partial charge >= 0.3 is 0 Å². The summed E-state index contributed by atoms with van der Waals surface area (Å²) in [6.45, 7) is 22.7. The monoisotopic (exact) mass is 848 g/mol. The lowest BCUT2D eigenvalue weighted by Gasteiger charge is -2.27. The summed E-state index contributed by atoms with van der Waals surface area (Å²) >= 11 is 0. The lowest BCUT2D eigenvalue weighted by atomic mass is 9.78. The van der Waals surface area contributed by atoms with Gasteiger partial charge in [-0.15, -0.1) is 0 Å². The summed E-state index contributed by atoms with van der Waals surface area (Å²) in [4.78, 5) is 10.4. The molecule has 2 aromatic heterocycles. The zero-order chi connectivity index (χ0) is 49.2. The Kier molecular flexibility index (Phi) is 10.5. The number of para-hydroxylation sites is 1.